The maximum Gasteiger partial charge on any atom is 0.244 e. The van der Waals surface area contributed by atoms with Crippen molar-refractivity contribution >= 4 is 11.7 Å². The van der Waals surface area contributed by atoms with Gasteiger partial charge in [0, 0.05) is 70.1 Å². The van der Waals surface area contributed by atoms with E-state index in [4.69, 9.17) is 14.2 Å². The van der Waals surface area contributed by atoms with Gasteiger partial charge in [0.1, 0.15) is 29.6 Å². The number of amides is 1. The summed E-state index contributed by atoms with van der Waals surface area (Å²) in [4.78, 5) is 32.1. The fraction of sp³-hybridized carbons (Fsp3) is 0.833. The van der Waals surface area contributed by atoms with Gasteiger partial charge in [-0.1, -0.05) is 25.7 Å². The molecule has 0 radical (unpaired) electrons. The molecule has 3 saturated heterocycles. The van der Waals surface area contributed by atoms with E-state index in [2.05, 4.69) is 41.2 Å². The molecule has 0 aromatic rings. The van der Waals surface area contributed by atoms with Crippen molar-refractivity contribution in [3.63, 3.8) is 0 Å². The molecule has 5 heterocycles. The first-order valence-corrected chi connectivity index (χ1v) is 23.4. The van der Waals surface area contributed by atoms with Crippen LogP contribution in [-0.4, -0.2) is 146 Å². The lowest BCUT2D eigenvalue weighted by Gasteiger charge is -2.68. The number of piperidine rings is 1. The predicted molar refractivity (Wildman–Crippen MR) is 223 cm³/mol. The molecule has 11 aliphatic rings. The van der Waals surface area contributed by atoms with Crippen molar-refractivity contribution in [3.05, 3.63) is 11.1 Å². The monoisotopic (exact) mass is 861 g/mol. The molecule has 0 aromatic carbocycles. The Morgan fingerprint density at radius 3 is 2.58 bits per heavy atom. The number of rotatable bonds is 9. The maximum absolute atomic E-state index is 15.3. The summed E-state index contributed by atoms with van der Waals surface area (Å²) >= 11 is 0. The number of carbonyl (C=O) groups excluding carboxylic acids is 2. The maximum atomic E-state index is 15.3. The van der Waals surface area contributed by atoms with Crippen molar-refractivity contribution in [2.75, 3.05) is 40.0 Å². The van der Waals surface area contributed by atoms with Crippen molar-refractivity contribution in [2.24, 2.45) is 45.3 Å². The van der Waals surface area contributed by atoms with Crippen molar-refractivity contribution < 1.29 is 54.4 Å². The summed E-state index contributed by atoms with van der Waals surface area (Å²) < 4.78 is 18.2. The minimum absolute atomic E-state index is 0.0264. The number of carbonyl (C=O) groups is 2. The average Bonchev–Trinajstić information content (AvgIpc) is 3.84. The quantitative estimate of drug-likeness (QED) is 0.0703. The number of allylic oxidation sites excluding steroid dienone is 1. The summed E-state index contributed by atoms with van der Waals surface area (Å²) in [5, 5.41) is 82.1. The van der Waals surface area contributed by atoms with Gasteiger partial charge in [0.15, 0.2) is 5.78 Å². The topological polar surface area (TPSA) is 210 Å². The van der Waals surface area contributed by atoms with Crippen molar-refractivity contribution in [2.45, 2.75) is 164 Å². The fourth-order valence-corrected chi connectivity index (χ4v) is 15.5. The third kappa shape index (κ3) is 5.41. The second-order valence-corrected chi connectivity index (χ2v) is 21.8. The summed E-state index contributed by atoms with van der Waals surface area (Å²) in [5.41, 5.74) is -8.99. The number of nitrogens with one attached hydrogen (secondary N) is 2. The highest BCUT2D eigenvalue weighted by Crippen LogP contribution is 2.80. The Hall–Kier alpha value is -2.44. The molecule has 6 aliphatic carbocycles. The first-order chi connectivity index (χ1) is 29.3. The van der Waals surface area contributed by atoms with E-state index < -0.39 is 92.4 Å². The number of fused-ring (bicyclic) bond motifs is 4. The minimum Gasteiger partial charge on any atom is -0.392 e. The summed E-state index contributed by atoms with van der Waals surface area (Å²) in [6.45, 7) is 9.06. The molecular formula is C48H67N3O11. The zero-order chi connectivity index (χ0) is 44.0. The van der Waals surface area contributed by atoms with E-state index >= 15 is 9.59 Å². The molecule has 7 bridgehead atoms. The van der Waals surface area contributed by atoms with Crippen LogP contribution in [0.3, 0.4) is 0 Å². The molecule has 0 unspecified atom stereocenters. The highest BCUT2D eigenvalue weighted by atomic mass is 16.6. The lowest BCUT2D eigenvalue weighted by Crippen LogP contribution is -2.74. The van der Waals surface area contributed by atoms with E-state index in [0.29, 0.717) is 75.9 Å². The first-order valence-electron chi connectivity index (χ1n) is 23.4. The molecule has 0 aromatic heterocycles. The SMILES string of the molecule is COCCCO[C@H]1CC[C@@]2(C)[C@@H](C1)C(=O)C1=C3[C@@]24C#CC[C@@H]2CN2C(=O)[C@]25CC#C[C@@]6(C[C@H](CC1)[C@]3(O)[C@]6(C)CC4)[C@](C)(O)C(O)(O)[C@H]1O[C@H]([C@H](C2)[C@H]1CNC[C@H](C)O)[C@@H](O)N5. The number of Topliss-reactive ketones (excluding diaryl/α,β-unsaturated/α-hetero) is 1. The molecule has 62 heavy (non-hydrogen) atoms. The summed E-state index contributed by atoms with van der Waals surface area (Å²) in [6.07, 6.45) is 0.270. The number of nitrogens with zero attached hydrogens (tertiary/aromatic N) is 1. The smallest absolute Gasteiger partial charge is 0.244 e. The Balaban J connectivity index is 1.18. The van der Waals surface area contributed by atoms with E-state index in [1.165, 1.54) is 6.92 Å². The Labute approximate surface area is 364 Å². The zero-order valence-electron chi connectivity index (χ0n) is 37.0. The van der Waals surface area contributed by atoms with Crippen LogP contribution in [0.25, 0.3) is 0 Å². The number of ketones is 1. The van der Waals surface area contributed by atoms with Crippen LogP contribution in [0.2, 0.25) is 0 Å². The van der Waals surface area contributed by atoms with E-state index in [1.54, 1.807) is 18.9 Å². The van der Waals surface area contributed by atoms with Crippen LogP contribution >= 0.6 is 0 Å². The van der Waals surface area contributed by atoms with Gasteiger partial charge in [-0.25, -0.2) is 0 Å². The van der Waals surface area contributed by atoms with Crippen molar-refractivity contribution in [3.8, 4) is 23.7 Å². The van der Waals surface area contributed by atoms with Gasteiger partial charge in [-0.2, -0.15) is 0 Å². The molecule has 340 valence electrons. The molecule has 17 atom stereocenters. The Morgan fingerprint density at radius 2 is 1.82 bits per heavy atom. The summed E-state index contributed by atoms with van der Waals surface area (Å²) in [7, 11) is 1.67. The Bertz CT molecular complexity index is 2070. The Kier molecular flexibility index (Phi) is 10.0. The van der Waals surface area contributed by atoms with Crippen LogP contribution in [0.5, 0.6) is 0 Å². The van der Waals surface area contributed by atoms with Gasteiger partial charge < -0.3 is 55.1 Å². The van der Waals surface area contributed by atoms with Gasteiger partial charge in [-0.15, -0.1) is 11.8 Å². The average molecular weight is 862 g/mol. The van der Waals surface area contributed by atoms with Crippen molar-refractivity contribution in [1.29, 1.82) is 0 Å². The van der Waals surface area contributed by atoms with Gasteiger partial charge >= 0.3 is 0 Å². The molecule has 3 spiro atoms. The number of methoxy groups -OCH3 is 1. The molecule has 11 rings (SSSR count). The van der Waals surface area contributed by atoms with Crippen LogP contribution in [0.4, 0.5) is 0 Å². The van der Waals surface area contributed by atoms with Crippen molar-refractivity contribution in [1.82, 2.24) is 15.5 Å². The molecule has 1 amide bonds. The van der Waals surface area contributed by atoms with E-state index in [0.717, 1.165) is 12.8 Å². The number of hydrogen-bond donors (Lipinski definition) is 8. The van der Waals surface area contributed by atoms with E-state index in [9.17, 15) is 30.6 Å². The number of aliphatic hydroxyl groups excluding tert-OH is 2. The lowest BCUT2D eigenvalue weighted by molar-refractivity contribution is -0.356. The van der Waals surface area contributed by atoms with Crippen LogP contribution in [-0.2, 0) is 23.8 Å². The highest BCUT2D eigenvalue weighted by molar-refractivity contribution is 6.01. The minimum atomic E-state index is -3.01. The summed E-state index contributed by atoms with van der Waals surface area (Å²) in [5.74, 6) is 8.78. The first kappa shape index (κ1) is 43.5. The Morgan fingerprint density at radius 1 is 1.03 bits per heavy atom. The molecule has 14 heteroatoms. The second-order valence-electron chi connectivity index (χ2n) is 21.8. The standard InChI is InChI=1S/C48H67N3O11/c1-27(52)24-49-25-33-32-23-45-14-7-15-46(43(4,56)48(58,59)38(33)62-36(32)39(54)50-45)22-28-10-11-31-35(53)34-21-30(61-20-8-19-60-5)12-16-41(34,2)44(13-6-9-29-26-51(29)40(45)55)18-17-42(46,3)47(28,57)37(31)44/h27-30,32-34,36,38-39,49-50,52,54,56-59H,8-12,14,16-26H2,1-5H3/t27-,28-,29+,30-,32+,33+,34-,36+,38-,39+,41-,42+,43-,44-,45-,46-,47+,51?/m0/s1. The lowest BCUT2D eigenvalue weighted by atomic mass is 9.36. The third-order valence-electron chi connectivity index (χ3n) is 18.9. The van der Waals surface area contributed by atoms with Crippen LogP contribution in [0.15, 0.2) is 11.1 Å². The second kappa shape index (κ2) is 14.3. The molecule has 8 N–H and O–H groups in total. The summed E-state index contributed by atoms with van der Waals surface area (Å²) in [6, 6.07) is -0.189. The van der Waals surface area contributed by atoms with Crippen LogP contribution < -0.4 is 10.6 Å². The number of ether oxygens (including phenoxy) is 3. The predicted octanol–water partition coefficient (Wildman–Crippen LogP) is 0.889. The number of hydrogen-bond acceptors (Lipinski definition) is 13. The van der Waals surface area contributed by atoms with Gasteiger partial charge in [0.05, 0.1) is 34.7 Å². The fourth-order valence-electron chi connectivity index (χ4n) is 15.5. The van der Waals surface area contributed by atoms with Gasteiger partial charge in [-0.05, 0) is 106 Å². The largest absolute Gasteiger partial charge is 0.392 e. The van der Waals surface area contributed by atoms with Gasteiger partial charge in [-0.3, -0.25) is 14.9 Å². The third-order valence-corrected chi connectivity index (χ3v) is 18.9. The van der Waals surface area contributed by atoms with E-state index in [1.807, 2.05) is 6.92 Å². The van der Waals surface area contributed by atoms with Crippen LogP contribution in [0.1, 0.15) is 105 Å². The van der Waals surface area contributed by atoms with E-state index in [-0.39, 0.29) is 56.2 Å². The molecule has 5 aliphatic heterocycles. The van der Waals surface area contributed by atoms with Crippen LogP contribution in [0, 0.1) is 69.0 Å². The highest BCUT2D eigenvalue weighted by Gasteiger charge is 2.84. The molecule has 14 nitrogen and oxygen atoms in total. The number of aliphatic hydroxyl groups is 6. The molecule has 3 saturated carbocycles. The molecule has 6 fully saturated rings. The zero-order valence-corrected chi connectivity index (χ0v) is 37.0. The van der Waals surface area contributed by atoms with Gasteiger partial charge in [0.25, 0.3) is 0 Å². The molecular weight excluding hydrogens is 795 g/mol. The normalized spacial score (nSPS) is 50.8. The van der Waals surface area contributed by atoms with Gasteiger partial charge in [0.2, 0.25) is 11.7 Å².